The van der Waals surface area contributed by atoms with Gasteiger partial charge in [0.05, 0.1) is 6.54 Å². The molecule has 1 fully saturated rings. The average Bonchev–Trinajstić information content (AvgIpc) is 3.05. The number of carbonyl (C=O) groups excluding carboxylic acids is 6. The van der Waals surface area contributed by atoms with Gasteiger partial charge in [0.2, 0.25) is 35.4 Å². The van der Waals surface area contributed by atoms with Crippen molar-refractivity contribution in [3.8, 4) is 5.75 Å². The van der Waals surface area contributed by atoms with E-state index in [0.717, 1.165) is 5.56 Å². The first-order chi connectivity index (χ1) is 22.8. The Kier molecular flexibility index (Phi) is 13.9. The van der Waals surface area contributed by atoms with Gasteiger partial charge in [0.1, 0.15) is 36.0 Å². The molecule has 2 aromatic carbocycles. The summed E-state index contributed by atoms with van der Waals surface area (Å²) < 4.78 is 0. The lowest BCUT2D eigenvalue weighted by atomic mass is 9.96. The highest BCUT2D eigenvalue weighted by Crippen LogP contribution is 2.14. The van der Waals surface area contributed by atoms with Gasteiger partial charge in [-0.3, -0.25) is 28.8 Å². The minimum atomic E-state index is -1.16. The lowest BCUT2D eigenvalue weighted by Crippen LogP contribution is -2.61. The molecule has 13 nitrogen and oxygen atoms in total. The van der Waals surface area contributed by atoms with E-state index in [1.54, 1.807) is 19.1 Å². The van der Waals surface area contributed by atoms with Crippen LogP contribution in [0, 0.1) is 11.8 Å². The van der Waals surface area contributed by atoms with Gasteiger partial charge in [-0.1, -0.05) is 76.6 Å². The zero-order chi connectivity index (χ0) is 35.4. The fourth-order valence-electron chi connectivity index (χ4n) is 5.27. The molecule has 0 saturated carbocycles. The maximum absolute atomic E-state index is 13.9. The SMILES string of the molecule is CC[C@@H](C)[C@H]1NC(=O)CNC(=O)[C@H](C)NC(=O)[C@H](Cc2ccc(O)cc2)NC(=O)[C@H](CC(C)C)NC(=O)[C@H](Cc2ccccc2)NC1=O. The van der Waals surface area contributed by atoms with Crippen LogP contribution in [0.4, 0.5) is 0 Å². The zero-order valence-electron chi connectivity index (χ0n) is 28.2. The maximum atomic E-state index is 13.9. The van der Waals surface area contributed by atoms with E-state index >= 15 is 0 Å². The lowest BCUT2D eigenvalue weighted by Gasteiger charge is -2.29. The molecular weight excluding hydrogens is 616 g/mol. The Morgan fingerprint density at radius 3 is 1.77 bits per heavy atom. The summed E-state index contributed by atoms with van der Waals surface area (Å²) in [5.41, 5.74) is 1.38. The van der Waals surface area contributed by atoms with Crippen molar-refractivity contribution in [3.63, 3.8) is 0 Å². The molecule has 1 aliphatic rings. The summed E-state index contributed by atoms with van der Waals surface area (Å²) in [6, 6.07) is 9.73. The molecule has 6 amide bonds. The smallest absolute Gasteiger partial charge is 0.243 e. The van der Waals surface area contributed by atoms with Crippen LogP contribution >= 0.6 is 0 Å². The van der Waals surface area contributed by atoms with Gasteiger partial charge in [-0.05, 0) is 48.4 Å². The Labute approximate surface area is 281 Å². The van der Waals surface area contributed by atoms with Gasteiger partial charge >= 0.3 is 0 Å². The monoisotopic (exact) mass is 664 g/mol. The molecule has 0 spiro atoms. The predicted molar refractivity (Wildman–Crippen MR) is 179 cm³/mol. The summed E-state index contributed by atoms with van der Waals surface area (Å²) in [5.74, 6) is -4.08. The van der Waals surface area contributed by atoms with E-state index < -0.39 is 72.2 Å². The van der Waals surface area contributed by atoms with Crippen molar-refractivity contribution >= 4 is 35.4 Å². The molecule has 0 bridgehead atoms. The van der Waals surface area contributed by atoms with Crippen molar-refractivity contribution in [1.29, 1.82) is 0 Å². The van der Waals surface area contributed by atoms with E-state index in [1.165, 1.54) is 19.1 Å². The number of amides is 6. The van der Waals surface area contributed by atoms with E-state index in [2.05, 4.69) is 31.9 Å². The molecule has 13 heteroatoms. The van der Waals surface area contributed by atoms with E-state index in [-0.39, 0.29) is 36.8 Å². The largest absolute Gasteiger partial charge is 0.508 e. The van der Waals surface area contributed by atoms with Crippen LogP contribution in [0.15, 0.2) is 54.6 Å². The standard InChI is InChI=1S/C35H48N6O7/c1-6-21(4)30-35(48)40-28(17-23-10-8-7-9-11-23)34(47)38-26(16-20(2)3)33(46)39-27(18-24-12-14-25(42)15-13-24)32(45)37-22(5)31(44)36-19-29(43)41-30/h7-15,20-22,26-28,30,42H,6,16-19H2,1-5H3,(H,36,44)(H,37,45)(H,38,47)(H,39,46)(H,40,48)(H,41,43)/t21-,22+,26+,27+,28+,30-/m1/s1. The lowest BCUT2D eigenvalue weighted by molar-refractivity contribution is -0.136. The van der Waals surface area contributed by atoms with Gasteiger partial charge in [0.25, 0.3) is 0 Å². The highest BCUT2D eigenvalue weighted by molar-refractivity contribution is 5.97. The molecule has 260 valence electrons. The van der Waals surface area contributed by atoms with E-state index in [0.29, 0.717) is 12.0 Å². The summed E-state index contributed by atoms with van der Waals surface area (Å²) >= 11 is 0. The number of phenols is 1. The third kappa shape index (κ3) is 11.4. The van der Waals surface area contributed by atoms with Crippen LogP contribution in [0.2, 0.25) is 0 Å². The quantitative estimate of drug-likeness (QED) is 0.217. The Morgan fingerprint density at radius 2 is 1.19 bits per heavy atom. The normalized spacial score (nSPS) is 24.2. The van der Waals surface area contributed by atoms with Gasteiger partial charge < -0.3 is 37.0 Å². The van der Waals surface area contributed by atoms with Crippen molar-refractivity contribution in [2.45, 2.75) is 90.5 Å². The van der Waals surface area contributed by atoms with Gasteiger partial charge in [0, 0.05) is 12.8 Å². The molecule has 0 unspecified atom stereocenters. The maximum Gasteiger partial charge on any atom is 0.243 e. The van der Waals surface area contributed by atoms with Crippen LogP contribution < -0.4 is 31.9 Å². The Balaban J connectivity index is 2.02. The number of phenolic OH excluding ortho intramolecular Hbond substituents is 1. The van der Waals surface area contributed by atoms with Crippen molar-refractivity contribution in [2.75, 3.05) is 6.54 Å². The second kappa shape index (κ2) is 17.8. The zero-order valence-corrected chi connectivity index (χ0v) is 28.2. The van der Waals surface area contributed by atoms with Gasteiger partial charge in [0.15, 0.2) is 0 Å². The van der Waals surface area contributed by atoms with Gasteiger partial charge in [-0.25, -0.2) is 0 Å². The number of hydrogen-bond donors (Lipinski definition) is 7. The van der Waals surface area contributed by atoms with Crippen LogP contribution in [0.1, 0.15) is 58.6 Å². The first-order valence-electron chi connectivity index (χ1n) is 16.4. The van der Waals surface area contributed by atoms with Crippen molar-refractivity contribution < 1.29 is 33.9 Å². The van der Waals surface area contributed by atoms with Crippen LogP contribution in [-0.4, -0.2) is 77.3 Å². The van der Waals surface area contributed by atoms with E-state index in [4.69, 9.17) is 0 Å². The molecule has 1 aliphatic heterocycles. The number of benzene rings is 2. The number of aromatic hydroxyl groups is 1. The number of carbonyl (C=O) groups is 6. The second-order valence-electron chi connectivity index (χ2n) is 12.8. The molecule has 1 saturated heterocycles. The first kappa shape index (κ1) is 37.5. The summed E-state index contributed by atoms with van der Waals surface area (Å²) in [5, 5.41) is 25.8. The van der Waals surface area contributed by atoms with Crippen molar-refractivity contribution in [3.05, 3.63) is 65.7 Å². The van der Waals surface area contributed by atoms with Crippen molar-refractivity contribution in [2.24, 2.45) is 11.8 Å². The third-order valence-electron chi connectivity index (χ3n) is 8.25. The van der Waals surface area contributed by atoms with E-state index in [9.17, 15) is 33.9 Å². The number of hydrogen-bond acceptors (Lipinski definition) is 7. The number of rotatable bonds is 8. The molecule has 6 atom stereocenters. The summed E-state index contributed by atoms with van der Waals surface area (Å²) in [7, 11) is 0. The molecule has 48 heavy (non-hydrogen) atoms. The third-order valence-corrected chi connectivity index (χ3v) is 8.25. The fourth-order valence-corrected chi connectivity index (χ4v) is 5.27. The summed E-state index contributed by atoms with van der Waals surface area (Å²) in [4.78, 5) is 80.7. The second-order valence-corrected chi connectivity index (χ2v) is 12.8. The molecule has 3 rings (SSSR count). The molecule has 1 heterocycles. The highest BCUT2D eigenvalue weighted by Gasteiger charge is 2.34. The summed E-state index contributed by atoms with van der Waals surface area (Å²) in [6.45, 7) is 8.39. The highest BCUT2D eigenvalue weighted by atomic mass is 16.3. The average molecular weight is 665 g/mol. The fraction of sp³-hybridized carbons (Fsp3) is 0.486. The molecule has 0 radical (unpaired) electrons. The molecular formula is C35H48N6O7. The molecule has 2 aromatic rings. The van der Waals surface area contributed by atoms with Crippen LogP contribution in [-0.2, 0) is 41.6 Å². The molecule has 0 aromatic heterocycles. The van der Waals surface area contributed by atoms with Crippen molar-refractivity contribution in [1.82, 2.24) is 31.9 Å². The van der Waals surface area contributed by atoms with Gasteiger partial charge in [-0.15, -0.1) is 0 Å². The Morgan fingerprint density at radius 1 is 0.667 bits per heavy atom. The Hall–Kier alpha value is -4.94. The molecule has 0 aliphatic carbocycles. The van der Waals surface area contributed by atoms with Crippen LogP contribution in [0.3, 0.4) is 0 Å². The summed E-state index contributed by atoms with van der Waals surface area (Å²) in [6.07, 6.45) is 0.878. The van der Waals surface area contributed by atoms with Crippen LogP contribution in [0.5, 0.6) is 5.75 Å². The number of nitrogens with one attached hydrogen (secondary N) is 6. The topological polar surface area (TPSA) is 195 Å². The minimum absolute atomic E-state index is 0.0145. The van der Waals surface area contributed by atoms with Gasteiger partial charge in [-0.2, -0.15) is 0 Å². The molecule has 7 N–H and O–H groups in total. The Bertz CT molecular complexity index is 1430. The minimum Gasteiger partial charge on any atom is -0.508 e. The first-order valence-corrected chi connectivity index (χ1v) is 16.4. The predicted octanol–water partition coefficient (Wildman–Crippen LogP) is 0.843. The van der Waals surface area contributed by atoms with Crippen LogP contribution in [0.25, 0.3) is 0 Å². The van der Waals surface area contributed by atoms with E-state index in [1.807, 2.05) is 51.1 Å².